The zero-order valence-electron chi connectivity index (χ0n) is 12.7. The molecule has 122 valence electrons. The van der Waals surface area contributed by atoms with Crippen molar-refractivity contribution in [3.8, 4) is 5.69 Å². The van der Waals surface area contributed by atoms with E-state index in [1.807, 2.05) is 24.3 Å². The standard InChI is InChI=1S/C17H16N4O3/c22-16(14-10-4-5-11(8-10)15(14)17(23)24)19-12-2-1-3-13(9-12)21-7-6-18-20-21/h1-7,9-11,14-15H,8H2,(H,19,22)(H,23,24)/t10-,11-,14+,15+/m0/s1. The lowest BCUT2D eigenvalue weighted by Crippen LogP contribution is -2.36. The van der Waals surface area contributed by atoms with Gasteiger partial charge in [0, 0.05) is 5.69 Å². The third-order valence-electron chi connectivity index (χ3n) is 4.85. The van der Waals surface area contributed by atoms with Crippen LogP contribution in [-0.2, 0) is 9.59 Å². The minimum Gasteiger partial charge on any atom is -0.481 e. The summed E-state index contributed by atoms with van der Waals surface area (Å²) in [6, 6.07) is 7.22. The van der Waals surface area contributed by atoms with Crippen LogP contribution in [0.2, 0.25) is 0 Å². The van der Waals surface area contributed by atoms with Gasteiger partial charge >= 0.3 is 5.97 Å². The number of nitrogens with zero attached hydrogens (tertiary/aromatic N) is 3. The molecule has 2 aliphatic carbocycles. The smallest absolute Gasteiger partial charge is 0.307 e. The second-order valence-electron chi connectivity index (χ2n) is 6.23. The van der Waals surface area contributed by atoms with Crippen LogP contribution in [0.15, 0.2) is 48.8 Å². The number of rotatable bonds is 4. The number of aromatic nitrogens is 3. The van der Waals surface area contributed by atoms with Gasteiger partial charge in [0.05, 0.1) is 29.9 Å². The Bertz CT molecular complexity index is 815. The second kappa shape index (κ2) is 5.59. The van der Waals surface area contributed by atoms with Gasteiger partial charge in [0.15, 0.2) is 0 Å². The van der Waals surface area contributed by atoms with Crippen LogP contribution < -0.4 is 5.32 Å². The Morgan fingerprint density at radius 2 is 2.00 bits per heavy atom. The Balaban J connectivity index is 1.55. The molecule has 0 unspecified atom stereocenters. The Morgan fingerprint density at radius 1 is 1.21 bits per heavy atom. The Kier molecular flexibility index (Phi) is 3.41. The molecule has 2 aliphatic rings. The molecule has 0 spiro atoms. The SMILES string of the molecule is O=C(O)[C@H]1[C@H](C(=O)Nc2cccc(-n3ccnn3)c2)[C@H]2C=C[C@H]1C2. The number of allylic oxidation sites excluding steroid dienone is 2. The van der Waals surface area contributed by atoms with Gasteiger partial charge in [-0.2, -0.15) is 0 Å². The van der Waals surface area contributed by atoms with E-state index in [9.17, 15) is 14.7 Å². The lowest BCUT2D eigenvalue weighted by molar-refractivity contribution is -0.146. The number of carbonyl (C=O) groups excluding carboxylic acids is 1. The molecule has 4 atom stereocenters. The van der Waals surface area contributed by atoms with E-state index in [0.717, 1.165) is 12.1 Å². The van der Waals surface area contributed by atoms with Crippen LogP contribution in [0.5, 0.6) is 0 Å². The van der Waals surface area contributed by atoms with E-state index >= 15 is 0 Å². The fourth-order valence-corrected chi connectivity index (χ4v) is 3.81. The molecule has 1 heterocycles. The first-order valence-electron chi connectivity index (χ1n) is 7.82. The Morgan fingerprint density at radius 3 is 2.71 bits per heavy atom. The molecule has 1 fully saturated rings. The molecule has 1 aromatic carbocycles. The monoisotopic (exact) mass is 324 g/mol. The molecule has 1 aromatic heterocycles. The number of nitrogens with one attached hydrogen (secondary N) is 1. The van der Waals surface area contributed by atoms with Crippen molar-refractivity contribution in [3.63, 3.8) is 0 Å². The molecule has 1 saturated carbocycles. The average molecular weight is 324 g/mol. The van der Waals surface area contributed by atoms with Crippen LogP contribution in [-0.4, -0.2) is 32.0 Å². The van der Waals surface area contributed by atoms with Gasteiger partial charge in [0.1, 0.15) is 0 Å². The molecule has 7 heteroatoms. The van der Waals surface area contributed by atoms with Gasteiger partial charge in [-0.3, -0.25) is 9.59 Å². The summed E-state index contributed by atoms with van der Waals surface area (Å²) in [5.41, 5.74) is 1.39. The molecule has 0 aliphatic heterocycles. The average Bonchev–Trinajstić information content (AvgIpc) is 3.31. The molecule has 2 bridgehead atoms. The predicted octanol–water partition coefficient (Wildman–Crippen LogP) is 1.73. The number of hydrogen-bond acceptors (Lipinski definition) is 4. The van der Waals surface area contributed by atoms with Gasteiger partial charge in [-0.25, -0.2) is 4.68 Å². The molecule has 2 N–H and O–H groups in total. The highest BCUT2D eigenvalue weighted by atomic mass is 16.4. The number of fused-ring (bicyclic) bond motifs is 2. The summed E-state index contributed by atoms with van der Waals surface area (Å²) in [6.07, 6.45) is 7.93. The highest BCUT2D eigenvalue weighted by Gasteiger charge is 2.51. The number of aliphatic carboxylic acids is 1. The van der Waals surface area contributed by atoms with Gasteiger partial charge in [0.25, 0.3) is 0 Å². The van der Waals surface area contributed by atoms with E-state index in [0.29, 0.717) is 5.69 Å². The summed E-state index contributed by atoms with van der Waals surface area (Å²) in [6.45, 7) is 0. The van der Waals surface area contributed by atoms with Crippen LogP contribution in [0.1, 0.15) is 6.42 Å². The summed E-state index contributed by atoms with van der Waals surface area (Å²) in [5.74, 6) is -2.33. The van der Waals surface area contributed by atoms with Crippen molar-refractivity contribution >= 4 is 17.6 Å². The van der Waals surface area contributed by atoms with Gasteiger partial charge in [-0.1, -0.05) is 23.4 Å². The number of amides is 1. The van der Waals surface area contributed by atoms with Crippen LogP contribution in [0.4, 0.5) is 5.69 Å². The largest absolute Gasteiger partial charge is 0.481 e. The minimum atomic E-state index is -0.900. The third kappa shape index (κ3) is 2.38. The van der Waals surface area contributed by atoms with Gasteiger partial charge in [-0.15, -0.1) is 5.10 Å². The Hall–Kier alpha value is -2.96. The van der Waals surface area contributed by atoms with E-state index in [2.05, 4.69) is 15.6 Å². The van der Waals surface area contributed by atoms with Gasteiger partial charge in [0.2, 0.25) is 5.91 Å². The van der Waals surface area contributed by atoms with Crippen molar-refractivity contribution in [1.29, 1.82) is 0 Å². The van der Waals surface area contributed by atoms with Crippen molar-refractivity contribution in [3.05, 3.63) is 48.8 Å². The normalized spacial score (nSPS) is 27.3. The number of hydrogen-bond donors (Lipinski definition) is 2. The predicted molar refractivity (Wildman–Crippen MR) is 85.3 cm³/mol. The fourth-order valence-electron chi connectivity index (χ4n) is 3.81. The van der Waals surface area contributed by atoms with E-state index in [1.54, 1.807) is 29.2 Å². The summed E-state index contributed by atoms with van der Waals surface area (Å²) in [7, 11) is 0. The van der Waals surface area contributed by atoms with Crippen LogP contribution in [0, 0.1) is 23.7 Å². The first-order valence-corrected chi connectivity index (χ1v) is 7.82. The van der Waals surface area contributed by atoms with Gasteiger partial charge in [-0.05, 0) is 36.5 Å². The lowest BCUT2D eigenvalue weighted by atomic mass is 9.82. The molecule has 7 nitrogen and oxygen atoms in total. The fraction of sp³-hybridized carbons (Fsp3) is 0.294. The summed E-state index contributed by atoms with van der Waals surface area (Å²) in [4.78, 5) is 24.2. The molecule has 2 aromatic rings. The summed E-state index contributed by atoms with van der Waals surface area (Å²) < 4.78 is 1.59. The van der Waals surface area contributed by atoms with E-state index < -0.39 is 17.8 Å². The molecular formula is C17H16N4O3. The summed E-state index contributed by atoms with van der Waals surface area (Å²) >= 11 is 0. The maximum Gasteiger partial charge on any atom is 0.307 e. The van der Waals surface area contributed by atoms with Crippen LogP contribution in [0.3, 0.4) is 0 Å². The Labute approximate surface area is 138 Å². The van der Waals surface area contributed by atoms with Crippen molar-refractivity contribution in [2.45, 2.75) is 6.42 Å². The summed E-state index contributed by atoms with van der Waals surface area (Å²) in [5, 5.41) is 20.0. The van der Waals surface area contributed by atoms with Gasteiger partial charge < -0.3 is 10.4 Å². The third-order valence-corrected chi connectivity index (χ3v) is 4.85. The molecule has 4 rings (SSSR count). The maximum atomic E-state index is 12.7. The quantitative estimate of drug-likeness (QED) is 0.835. The highest BCUT2D eigenvalue weighted by molar-refractivity contribution is 5.96. The molecule has 1 amide bonds. The zero-order valence-corrected chi connectivity index (χ0v) is 12.7. The first-order chi connectivity index (χ1) is 11.6. The second-order valence-corrected chi connectivity index (χ2v) is 6.23. The molecular weight excluding hydrogens is 308 g/mol. The molecule has 0 saturated heterocycles. The number of anilines is 1. The van der Waals surface area contributed by atoms with Crippen molar-refractivity contribution in [2.75, 3.05) is 5.32 Å². The van der Waals surface area contributed by atoms with E-state index in [4.69, 9.17) is 0 Å². The van der Waals surface area contributed by atoms with Crippen LogP contribution >= 0.6 is 0 Å². The van der Waals surface area contributed by atoms with E-state index in [1.165, 1.54) is 0 Å². The highest BCUT2D eigenvalue weighted by Crippen LogP contribution is 2.48. The topological polar surface area (TPSA) is 97.1 Å². The molecule has 24 heavy (non-hydrogen) atoms. The maximum absolute atomic E-state index is 12.7. The van der Waals surface area contributed by atoms with E-state index in [-0.39, 0.29) is 17.7 Å². The number of carboxylic acid groups (broad SMARTS) is 1. The van der Waals surface area contributed by atoms with Crippen molar-refractivity contribution < 1.29 is 14.7 Å². The van der Waals surface area contributed by atoms with Crippen LogP contribution in [0.25, 0.3) is 5.69 Å². The van der Waals surface area contributed by atoms with Crippen molar-refractivity contribution in [1.82, 2.24) is 15.0 Å². The van der Waals surface area contributed by atoms with Crippen molar-refractivity contribution in [2.24, 2.45) is 23.7 Å². The number of carboxylic acids is 1. The number of carbonyl (C=O) groups is 2. The minimum absolute atomic E-state index is 0.00889. The zero-order chi connectivity index (χ0) is 16.7. The lowest BCUT2D eigenvalue weighted by Gasteiger charge is -2.23. The number of benzene rings is 1. The molecule has 0 radical (unpaired) electrons. The first kappa shape index (κ1) is 14.6.